The van der Waals surface area contributed by atoms with Crippen molar-refractivity contribution in [3.63, 3.8) is 0 Å². The number of hydrogen-bond donors (Lipinski definition) is 1. The van der Waals surface area contributed by atoms with Gasteiger partial charge in [-0.1, -0.05) is 6.92 Å². The smallest absolute Gasteiger partial charge is 0.311 e. The minimum Gasteiger partial charge on any atom is -0.363 e. The molecule has 1 aliphatic rings. The van der Waals surface area contributed by atoms with Crippen LogP contribution >= 0.6 is 0 Å². The zero-order chi connectivity index (χ0) is 13.0. The van der Waals surface area contributed by atoms with Crippen LogP contribution in [0.25, 0.3) is 0 Å². The van der Waals surface area contributed by atoms with Crippen LogP contribution < -0.4 is 5.32 Å². The van der Waals surface area contributed by atoms with Crippen LogP contribution in [0.1, 0.15) is 19.8 Å². The van der Waals surface area contributed by atoms with E-state index >= 15 is 0 Å². The summed E-state index contributed by atoms with van der Waals surface area (Å²) in [6.45, 7) is 5.00. The van der Waals surface area contributed by atoms with E-state index in [4.69, 9.17) is 0 Å². The zero-order valence-corrected chi connectivity index (χ0v) is 10.5. The van der Waals surface area contributed by atoms with Crippen LogP contribution in [0, 0.1) is 10.1 Å². The molecule has 2 heterocycles. The molecule has 0 amide bonds. The van der Waals surface area contributed by atoms with Gasteiger partial charge in [0.05, 0.1) is 4.92 Å². The third-order valence-electron chi connectivity index (χ3n) is 3.39. The van der Waals surface area contributed by atoms with Crippen molar-refractivity contribution in [1.29, 1.82) is 0 Å². The normalized spacial score (nSPS) is 19.9. The molecular weight excluding hydrogens is 232 g/mol. The molecule has 1 N–H and O–H groups in total. The highest BCUT2D eigenvalue weighted by molar-refractivity contribution is 5.55. The van der Waals surface area contributed by atoms with E-state index in [9.17, 15) is 10.1 Å². The number of likely N-dealkylation sites (N-methyl/N-ethyl adjacent to an activating group) is 1. The quantitative estimate of drug-likeness (QED) is 0.638. The predicted molar refractivity (Wildman–Crippen MR) is 69.7 cm³/mol. The first-order valence-electron chi connectivity index (χ1n) is 6.29. The third kappa shape index (κ3) is 2.76. The third-order valence-corrected chi connectivity index (χ3v) is 3.39. The molecule has 0 saturated carbocycles. The second-order valence-corrected chi connectivity index (χ2v) is 4.43. The Morgan fingerprint density at radius 2 is 2.50 bits per heavy atom. The first-order valence-corrected chi connectivity index (χ1v) is 6.29. The summed E-state index contributed by atoms with van der Waals surface area (Å²) < 4.78 is 0. The summed E-state index contributed by atoms with van der Waals surface area (Å²) in [5.41, 5.74) is 0.0403. The van der Waals surface area contributed by atoms with Crippen LogP contribution in [0.5, 0.6) is 0 Å². The molecule has 1 aromatic rings. The van der Waals surface area contributed by atoms with Gasteiger partial charge in [-0.3, -0.25) is 15.0 Å². The van der Waals surface area contributed by atoms with E-state index in [0.717, 1.165) is 19.5 Å². The molecule has 6 heteroatoms. The standard InChI is InChI=1S/C12H18N4O2/c1-2-15-8-4-5-10(15)9-14-12-11(16(17)18)6-3-7-13-12/h3,6-7,10H,2,4-5,8-9H2,1H3,(H,13,14)/t10-/m0/s1. The van der Waals surface area contributed by atoms with E-state index in [1.165, 1.54) is 12.5 Å². The maximum atomic E-state index is 10.9. The van der Waals surface area contributed by atoms with Crippen molar-refractivity contribution >= 4 is 11.5 Å². The molecule has 18 heavy (non-hydrogen) atoms. The SMILES string of the molecule is CCN1CCC[C@H]1CNc1ncccc1[N+](=O)[O-]. The Bertz CT molecular complexity index is 424. The second kappa shape index (κ2) is 5.77. The van der Waals surface area contributed by atoms with Gasteiger partial charge in [-0.15, -0.1) is 0 Å². The summed E-state index contributed by atoms with van der Waals surface area (Å²) in [7, 11) is 0. The number of nitrogens with zero attached hydrogens (tertiary/aromatic N) is 3. The van der Waals surface area contributed by atoms with Crippen LogP contribution in [0.15, 0.2) is 18.3 Å². The topological polar surface area (TPSA) is 71.3 Å². The van der Waals surface area contributed by atoms with E-state index in [2.05, 4.69) is 22.1 Å². The Morgan fingerprint density at radius 3 is 3.22 bits per heavy atom. The second-order valence-electron chi connectivity index (χ2n) is 4.43. The summed E-state index contributed by atoms with van der Waals surface area (Å²) in [6.07, 6.45) is 3.91. The van der Waals surface area contributed by atoms with E-state index in [1.807, 2.05) is 0 Å². The summed E-state index contributed by atoms with van der Waals surface area (Å²) >= 11 is 0. The summed E-state index contributed by atoms with van der Waals surface area (Å²) in [5, 5.41) is 14.0. The van der Waals surface area contributed by atoms with Gasteiger partial charge in [0.1, 0.15) is 0 Å². The monoisotopic (exact) mass is 250 g/mol. The van der Waals surface area contributed by atoms with Gasteiger partial charge in [-0.25, -0.2) is 4.98 Å². The van der Waals surface area contributed by atoms with Crippen LogP contribution in [0.3, 0.4) is 0 Å². The van der Waals surface area contributed by atoms with Crippen LogP contribution in [0.2, 0.25) is 0 Å². The largest absolute Gasteiger partial charge is 0.363 e. The Balaban J connectivity index is 2.00. The predicted octanol–water partition coefficient (Wildman–Crippen LogP) is 1.89. The molecule has 98 valence electrons. The molecule has 1 fully saturated rings. The van der Waals surface area contributed by atoms with Gasteiger partial charge in [-0.05, 0) is 32.0 Å². The zero-order valence-electron chi connectivity index (χ0n) is 10.5. The van der Waals surface area contributed by atoms with Gasteiger partial charge in [0.15, 0.2) is 0 Å². The average Bonchev–Trinajstić information content (AvgIpc) is 2.84. The lowest BCUT2D eigenvalue weighted by Crippen LogP contribution is -2.34. The Kier molecular flexibility index (Phi) is 4.09. The summed E-state index contributed by atoms with van der Waals surface area (Å²) in [4.78, 5) is 16.9. The minimum atomic E-state index is -0.401. The molecular formula is C12H18N4O2. The molecule has 0 spiro atoms. The Labute approximate surface area is 106 Å². The van der Waals surface area contributed by atoms with Crippen molar-refractivity contribution in [2.75, 3.05) is 25.0 Å². The summed E-state index contributed by atoms with van der Waals surface area (Å²) in [6, 6.07) is 3.51. The highest BCUT2D eigenvalue weighted by Gasteiger charge is 2.23. The van der Waals surface area contributed by atoms with Crippen molar-refractivity contribution in [3.05, 3.63) is 28.4 Å². The molecule has 0 aromatic carbocycles. The number of nitro groups is 1. The number of pyridine rings is 1. The van der Waals surface area contributed by atoms with Gasteiger partial charge < -0.3 is 5.32 Å². The van der Waals surface area contributed by atoms with E-state index in [-0.39, 0.29) is 5.69 Å². The number of hydrogen-bond acceptors (Lipinski definition) is 5. The molecule has 1 saturated heterocycles. The first kappa shape index (κ1) is 12.8. The fraction of sp³-hybridized carbons (Fsp3) is 0.583. The number of aromatic nitrogens is 1. The molecule has 0 bridgehead atoms. The lowest BCUT2D eigenvalue weighted by Gasteiger charge is -2.22. The van der Waals surface area contributed by atoms with Gasteiger partial charge in [-0.2, -0.15) is 0 Å². The first-order chi connectivity index (χ1) is 8.72. The number of nitrogens with one attached hydrogen (secondary N) is 1. The fourth-order valence-corrected chi connectivity index (χ4v) is 2.44. The molecule has 2 rings (SSSR count). The van der Waals surface area contributed by atoms with Gasteiger partial charge in [0, 0.05) is 24.8 Å². The van der Waals surface area contributed by atoms with Crippen LogP contribution in [0.4, 0.5) is 11.5 Å². The van der Waals surface area contributed by atoms with E-state index in [0.29, 0.717) is 18.4 Å². The lowest BCUT2D eigenvalue weighted by atomic mass is 10.2. The van der Waals surface area contributed by atoms with Crippen LogP contribution in [-0.4, -0.2) is 40.5 Å². The average molecular weight is 250 g/mol. The van der Waals surface area contributed by atoms with Gasteiger partial charge >= 0.3 is 5.69 Å². The number of rotatable bonds is 5. The van der Waals surface area contributed by atoms with Gasteiger partial charge in [0.2, 0.25) is 5.82 Å². The van der Waals surface area contributed by atoms with Crippen LogP contribution in [-0.2, 0) is 0 Å². The summed E-state index contributed by atoms with van der Waals surface area (Å²) in [5.74, 6) is 0.366. The van der Waals surface area contributed by atoms with Crippen molar-refractivity contribution < 1.29 is 4.92 Å². The van der Waals surface area contributed by atoms with E-state index in [1.54, 1.807) is 12.3 Å². The molecule has 0 unspecified atom stereocenters. The highest BCUT2D eigenvalue weighted by Crippen LogP contribution is 2.22. The fourth-order valence-electron chi connectivity index (χ4n) is 2.44. The van der Waals surface area contributed by atoms with Crippen molar-refractivity contribution in [2.24, 2.45) is 0 Å². The van der Waals surface area contributed by atoms with Crippen molar-refractivity contribution in [2.45, 2.75) is 25.8 Å². The maximum absolute atomic E-state index is 10.9. The molecule has 6 nitrogen and oxygen atoms in total. The molecule has 1 atom stereocenters. The van der Waals surface area contributed by atoms with E-state index < -0.39 is 4.92 Å². The highest BCUT2D eigenvalue weighted by atomic mass is 16.6. The maximum Gasteiger partial charge on any atom is 0.311 e. The Morgan fingerprint density at radius 1 is 1.67 bits per heavy atom. The lowest BCUT2D eigenvalue weighted by molar-refractivity contribution is -0.384. The molecule has 1 aliphatic heterocycles. The minimum absolute atomic E-state index is 0.0403. The van der Waals surface area contributed by atoms with Crippen molar-refractivity contribution in [3.8, 4) is 0 Å². The molecule has 0 radical (unpaired) electrons. The molecule has 1 aromatic heterocycles. The number of likely N-dealkylation sites (tertiary alicyclic amines) is 1. The number of anilines is 1. The molecule has 0 aliphatic carbocycles. The Hall–Kier alpha value is -1.69. The van der Waals surface area contributed by atoms with Crippen molar-refractivity contribution in [1.82, 2.24) is 9.88 Å². The van der Waals surface area contributed by atoms with Gasteiger partial charge in [0.25, 0.3) is 0 Å².